The van der Waals surface area contributed by atoms with Crippen LogP contribution in [0.15, 0.2) is 40.8 Å². The highest BCUT2D eigenvalue weighted by molar-refractivity contribution is 5.89. The number of furan rings is 1. The Kier molecular flexibility index (Phi) is 7.35. The summed E-state index contributed by atoms with van der Waals surface area (Å²) in [6.45, 7) is 1.25. The zero-order chi connectivity index (χ0) is 21.4. The Morgan fingerprint density at radius 1 is 1.24 bits per heavy atom. The zero-order valence-corrected chi connectivity index (χ0v) is 16.0. The lowest BCUT2D eigenvalue weighted by Crippen LogP contribution is -2.31. The Balaban J connectivity index is 1.88. The first-order valence-electron chi connectivity index (χ1n) is 8.44. The number of rotatable bonds is 9. The molecule has 1 heterocycles. The summed E-state index contributed by atoms with van der Waals surface area (Å²) in [7, 11) is 3.05. The fourth-order valence-corrected chi connectivity index (χ4v) is 2.40. The Bertz CT molecular complexity index is 919. The number of nitro groups is 1. The second kappa shape index (κ2) is 9.93. The summed E-state index contributed by atoms with van der Waals surface area (Å²) in [6.07, 6.45) is 2.21. The van der Waals surface area contributed by atoms with Crippen molar-refractivity contribution in [2.75, 3.05) is 20.8 Å². The summed E-state index contributed by atoms with van der Waals surface area (Å²) >= 11 is 0. The number of benzene rings is 1. The molecule has 10 nitrogen and oxygen atoms in total. The van der Waals surface area contributed by atoms with Gasteiger partial charge in [-0.05, 0) is 37.3 Å². The molecule has 0 saturated carbocycles. The van der Waals surface area contributed by atoms with Crippen LogP contribution in [0.25, 0.3) is 6.08 Å². The van der Waals surface area contributed by atoms with Gasteiger partial charge >= 0.3 is 11.9 Å². The first-order chi connectivity index (χ1) is 13.8. The molecule has 0 spiro atoms. The quantitative estimate of drug-likeness (QED) is 0.292. The third-order valence-corrected chi connectivity index (χ3v) is 3.80. The van der Waals surface area contributed by atoms with E-state index in [-0.39, 0.29) is 5.76 Å². The molecule has 0 fully saturated rings. The van der Waals surface area contributed by atoms with E-state index >= 15 is 0 Å². The van der Waals surface area contributed by atoms with Gasteiger partial charge in [0.1, 0.15) is 22.2 Å². The van der Waals surface area contributed by atoms with Crippen LogP contribution in [0.4, 0.5) is 5.88 Å². The van der Waals surface area contributed by atoms with E-state index < -0.39 is 35.3 Å². The van der Waals surface area contributed by atoms with Crippen LogP contribution in [0, 0.1) is 10.1 Å². The maximum Gasteiger partial charge on any atom is 0.433 e. The molecule has 2 aromatic rings. The van der Waals surface area contributed by atoms with Crippen LogP contribution in [-0.2, 0) is 14.3 Å². The lowest BCUT2D eigenvalue weighted by atomic mass is 10.1. The van der Waals surface area contributed by atoms with Crippen LogP contribution < -0.4 is 14.8 Å². The summed E-state index contributed by atoms with van der Waals surface area (Å²) < 4.78 is 20.2. The molecule has 1 atom stereocenters. The molecule has 1 aromatic heterocycles. The lowest BCUT2D eigenvalue weighted by Gasteiger charge is -2.18. The smallest absolute Gasteiger partial charge is 0.433 e. The van der Waals surface area contributed by atoms with Gasteiger partial charge < -0.3 is 23.9 Å². The van der Waals surface area contributed by atoms with Gasteiger partial charge in [0.2, 0.25) is 0 Å². The molecule has 0 saturated heterocycles. The predicted molar refractivity (Wildman–Crippen MR) is 101 cm³/mol. The highest BCUT2D eigenvalue weighted by atomic mass is 16.6. The van der Waals surface area contributed by atoms with Gasteiger partial charge in [-0.1, -0.05) is 0 Å². The molecule has 0 aliphatic rings. The van der Waals surface area contributed by atoms with Crippen molar-refractivity contribution in [3.05, 3.63) is 57.8 Å². The van der Waals surface area contributed by atoms with Crippen LogP contribution in [0.5, 0.6) is 11.5 Å². The van der Waals surface area contributed by atoms with Crippen molar-refractivity contribution >= 4 is 23.8 Å². The molecular weight excluding hydrogens is 384 g/mol. The number of esters is 1. The standard InChI is InChI=1S/C19H20N2O8/c1-12(15-10-14(26-2)4-7-16(15)27-3)20-17(22)11-28-19(23)9-6-13-5-8-18(29-13)21(24)25/h4-10,12H,11H2,1-3H3,(H,20,22)/b9-6+/t12-/m0/s1. The molecular formula is C19H20N2O8. The van der Waals surface area contributed by atoms with Crippen LogP contribution in [0.3, 0.4) is 0 Å². The largest absolute Gasteiger partial charge is 0.497 e. The van der Waals surface area contributed by atoms with Gasteiger partial charge in [-0.25, -0.2) is 4.79 Å². The average Bonchev–Trinajstić information content (AvgIpc) is 3.19. The van der Waals surface area contributed by atoms with Crippen molar-refractivity contribution in [3.63, 3.8) is 0 Å². The van der Waals surface area contributed by atoms with Crippen molar-refractivity contribution in [2.45, 2.75) is 13.0 Å². The van der Waals surface area contributed by atoms with E-state index in [1.807, 2.05) is 0 Å². The lowest BCUT2D eigenvalue weighted by molar-refractivity contribution is -0.402. The Hall–Kier alpha value is -3.82. The van der Waals surface area contributed by atoms with Crippen LogP contribution in [-0.4, -0.2) is 37.6 Å². The number of ether oxygens (including phenoxy) is 3. The summed E-state index contributed by atoms with van der Waals surface area (Å²) in [5.74, 6) is -0.470. The Labute approximate surface area is 166 Å². The van der Waals surface area contributed by atoms with Gasteiger partial charge in [0.25, 0.3) is 5.91 Å². The SMILES string of the molecule is COc1ccc(OC)c([C@H](C)NC(=O)COC(=O)/C=C/c2ccc([N+](=O)[O-])o2)c1. The van der Waals surface area contributed by atoms with Crippen molar-refractivity contribution in [1.29, 1.82) is 0 Å². The fourth-order valence-electron chi connectivity index (χ4n) is 2.40. The highest BCUT2D eigenvalue weighted by Gasteiger charge is 2.16. The van der Waals surface area contributed by atoms with Gasteiger partial charge in [-0.2, -0.15) is 0 Å². The van der Waals surface area contributed by atoms with E-state index in [2.05, 4.69) is 5.32 Å². The minimum atomic E-state index is -0.800. The van der Waals surface area contributed by atoms with Crippen molar-refractivity contribution in [2.24, 2.45) is 0 Å². The van der Waals surface area contributed by atoms with E-state index in [1.54, 1.807) is 25.1 Å². The number of hydrogen-bond donors (Lipinski definition) is 1. The molecule has 1 N–H and O–H groups in total. The van der Waals surface area contributed by atoms with Gasteiger partial charge in [0, 0.05) is 11.6 Å². The summed E-state index contributed by atoms with van der Waals surface area (Å²) in [5, 5.41) is 13.2. The second-order valence-electron chi connectivity index (χ2n) is 5.77. The average molecular weight is 404 g/mol. The van der Waals surface area contributed by atoms with Gasteiger partial charge in [-0.3, -0.25) is 14.9 Å². The first-order valence-corrected chi connectivity index (χ1v) is 8.44. The second-order valence-corrected chi connectivity index (χ2v) is 5.77. The number of hydrogen-bond acceptors (Lipinski definition) is 8. The molecule has 0 aliphatic heterocycles. The van der Waals surface area contributed by atoms with Crippen LogP contribution >= 0.6 is 0 Å². The molecule has 0 aliphatic carbocycles. The molecule has 10 heteroatoms. The number of amides is 1. The van der Waals surface area contributed by atoms with E-state index in [1.165, 1.54) is 26.4 Å². The van der Waals surface area contributed by atoms with Crippen molar-refractivity contribution in [3.8, 4) is 11.5 Å². The van der Waals surface area contributed by atoms with Crippen LogP contribution in [0.1, 0.15) is 24.3 Å². The fraction of sp³-hybridized carbons (Fsp3) is 0.263. The third kappa shape index (κ3) is 6.09. The molecule has 2 rings (SSSR count). The Morgan fingerprint density at radius 2 is 2.00 bits per heavy atom. The van der Waals surface area contributed by atoms with Gasteiger partial charge in [0.05, 0.1) is 26.3 Å². The maximum atomic E-state index is 12.1. The first kappa shape index (κ1) is 21.5. The minimum Gasteiger partial charge on any atom is -0.497 e. The van der Waals surface area contributed by atoms with E-state index in [0.29, 0.717) is 17.1 Å². The van der Waals surface area contributed by atoms with Gasteiger partial charge in [0.15, 0.2) is 6.61 Å². The maximum absolute atomic E-state index is 12.1. The van der Waals surface area contributed by atoms with E-state index in [0.717, 1.165) is 12.1 Å². The number of carbonyl (C=O) groups is 2. The molecule has 0 radical (unpaired) electrons. The molecule has 1 amide bonds. The molecule has 154 valence electrons. The number of nitrogens with one attached hydrogen (secondary N) is 1. The third-order valence-electron chi connectivity index (χ3n) is 3.80. The summed E-state index contributed by atoms with van der Waals surface area (Å²) in [6, 6.07) is 7.26. The zero-order valence-electron chi connectivity index (χ0n) is 16.0. The number of nitrogens with zero attached hydrogens (tertiary/aromatic N) is 1. The number of carbonyl (C=O) groups excluding carboxylic acids is 2. The monoisotopic (exact) mass is 404 g/mol. The summed E-state index contributed by atoms with van der Waals surface area (Å²) in [5.41, 5.74) is 0.700. The number of methoxy groups -OCH3 is 2. The summed E-state index contributed by atoms with van der Waals surface area (Å²) in [4.78, 5) is 33.6. The molecule has 0 unspecified atom stereocenters. The van der Waals surface area contributed by atoms with Crippen molar-refractivity contribution < 1.29 is 33.1 Å². The topological polar surface area (TPSA) is 130 Å². The molecule has 29 heavy (non-hydrogen) atoms. The molecule has 0 bridgehead atoms. The van der Waals surface area contributed by atoms with E-state index in [4.69, 9.17) is 18.6 Å². The molecule has 1 aromatic carbocycles. The van der Waals surface area contributed by atoms with Gasteiger partial charge in [-0.15, -0.1) is 0 Å². The van der Waals surface area contributed by atoms with Crippen LogP contribution in [0.2, 0.25) is 0 Å². The van der Waals surface area contributed by atoms with E-state index in [9.17, 15) is 19.7 Å². The predicted octanol–water partition coefficient (Wildman–Crippen LogP) is 2.64. The minimum absolute atomic E-state index is 0.108. The highest BCUT2D eigenvalue weighted by Crippen LogP contribution is 2.29. The Morgan fingerprint density at radius 3 is 2.62 bits per heavy atom. The van der Waals surface area contributed by atoms with Crippen molar-refractivity contribution in [1.82, 2.24) is 5.32 Å². The normalized spacial score (nSPS) is 11.7.